The largest absolute Gasteiger partial charge is 0.466 e. The van der Waals surface area contributed by atoms with E-state index in [0.29, 0.717) is 32.2 Å². The normalized spacial score (nSPS) is 16.6. The molecule has 0 aromatic heterocycles. The first-order chi connectivity index (χ1) is 13.6. The number of guanidine groups is 1. The van der Waals surface area contributed by atoms with Gasteiger partial charge in [0.15, 0.2) is 5.96 Å². The van der Waals surface area contributed by atoms with Gasteiger partial charge >= 0.3 is 5.97 Å². The van der Waals surface area contributed by atoms with Crippen LogP contribution in [0.15, 0.2) is 29.3 Å². The summed E-state index contributed by atoms with van der Waals surface area (Å²) in [6, 6.07) is 5.87. The zero-order chi connectivity index (χ0) is 20.4. The number of nitrogens with zero attached hydrogens (tertiary/aromatic N) is 2. The smallest absolute Gasteiger partial charge is 0.310 e. The second kappa shape index (κ2) is 13.3. The number of rotatable bonds is 7. The fraction of sp³-hybridized carbons (Fsp3) is 0.550. The van der Waals surface area contributed by atoms with Crippen molar-refractivity contribution in [3.05, 3.63) is 35.6 Å². The van der Waals surface area contributed by atoms with E-state index in [1.165, 1.54) is 12.1 Å². The van der Waals surface area contributed by atoms with E-state index in [1.54, 1.807) is 19.1 Å². The van der Waals surface area contributed by atoms with E-state index in [1.807, 2.05) is 11.8 Å². The van der Waals surface area contributed by atoms with Gasteiger partial charge in [0.05, 0.1) is 24.6 Å². The number of halogens is 2. The molecule has 1 aliphatic heterocycles. The van der Waals surface area contributed by atoms with Crippen LogP contribution in [-0.4, -0.2) is 62.1 Å². The Bertz CT molecular complexity index is 702. The lowest BCUT2D eigenvalue weighted by atomic mass is 9.98. The first kappa shape index (κ1) is 25.1. The molecule has 2 N–H and O–H groups in total. The van der Waals surface area contributed by atoms with Gasteiger partial charge in [0.25, 0.3) is 5.91 Å². The third kappa shape index (κ3) is 7.79. The predicted octanol–water partition coefficient (Wildman–Crippen LogP) is 2.41. The Morgan fingerprint density at radius 3 is 2.72 bits per heavy atom. The first-order valence-electron chi connectivity index (χ1n) is 9.79. The summed E-state index contributed by atoms with van der Waals surface area (Å²) in [7, 11) is 0. The van der Waals surface area contributed by atoms with Crippen molar-refractivity contribution in [2.45, 2.75) is 26.7 Å². The summed E-state index contributed by atoms with van der Waals surface area (Å²) >= 11 is 0. The van der Waals surface area contributed by atoms with Crippen LogP contribution in [0.4, 0.5) is 4.39 Å². The minimum absolute atomic E-state index is 0. The summed E-state index contributed by atoms with van der Waals surface area (Å²) in [6.45, 7) is 6.87. The standard InChI is InChI=1S/C20H29FN4O3.HI/c1-3-22-20(25-13-7-8-15(14-25)19(27)28-4-2)24-12-11-23-18(26)16-9-5-6-10-17(16)21;/h5-6,9-10,15H,3-4,7-8,11-14H2,1-2H3,(H,22,24)(H,23,26);1H/t15-;/m0./s1. The predicted molar refractivity (Wildman–Crippen MR) is 121 cm³/mol. The van der Waals surface area contributed by atoms with Gasteiger partial charge in [-0.15, -0.1) is 24.0 Å². The molecule has 1 fully saturated rings. The van der Waals surface area contributed by atoms with Gasteiger partial charge in [-0.2, -0.15) is 0 Å². The van der Waals surface area contributed by atoms with E-state index in [2.05, 4.69) is 15.6 Å². The molecule has 9 heteroatoms. The van der Waals surface area contributed by atoms with Crippen LogP contribution in [0, 0.1) is 11.7 Å². The van der Waals surface area contributed by atoms with Crippen LogP contribution in [-0.2, 0) is 9.53 Å². The van der Waals surface area contributed by atoms with E-state index in [4.69, 9.17) is 4.74 Å². The third-order valence-electron chi connectivity index (χ3n) is 4.45. The van der Waals surface area contributed by atoms with Gasteiger partial charge in [-0.05, 0) is 38.8 Å². The first-order valence-corrected chi connectivity index (χ1v) is 9.79. The number of carbonyl (C=O) groups is 2. The molecule has 1 saturated heterocycles. The number of amides is 1. The number of piperidine rings is 1. The van der Waals surface area contributed by atoms with Gasteiger partial charge in [0.1, 0.15) is 5.82 Å². The minimum atomic E-state index is -0.546. The van der Waals surface area contributed by atoms with E-state index < -0.39 is 11.7 Å². The number of esters is 1. The van der Waals surface area contributed by atoms with Crippen LogP contribution in [0.3, 0.4) is 0 Å². The van der Waals surface area contributed by atoms with Crippen molar-refractivity contribution in [3.63, 3.8) is 0 Å². The number of benzene rings is 1. The molecule has 0 spiro atoms. The summed E-state index contributed by atoms with van der Waals surface area (Å²) in [5.74, 6) is -0.621. The highest BCUT2D eigenvalue weighted by molar-refractivity contribution is 14.0. The second-order valence-electron chi connectivity index (χ2n) is 6.51. The molecule has 2 rings (SSSR count). The molecule has 0 radical (unpaired) electrons. The van der Waals surface area contributed by atoms with Crippen LogP contribution < -0.4 is 10.6 Å². The quantitative estimate of drug-likeness (QED) is 0.190. The highest BCUT2D eigenvalue weighted by Crippen LogP contribution is 2.18. The van der Waals surface area contributed by atoms with Crippen LogP contribution in [0.25, 0.3) is 0 Å². The minimum Gasteiger partial charge on any atom is -0.466 e. The summed E-state index contributed by atoms with van der Waals surface area (Å²) in [5, 5.41) is 5.90. The topological polar surface area (TPSA) is 83.0 Å². The Kier molecular flexibility index (Phi) is 11.6. The highest BCUT2D eigenvalue weighted by Gasteiger charge is 2.28. The maximum absolute atomic E-state index is 13.6. The van der Waals surface area contributed by atoms with Crippen molar-refractivity contribution in [2.24, 2.45) is 10.9 Å². The highest BCUT2D eigenvalue weighted by atomic mass is 127. The fourth-order valence-electron chi connectivity index (χ4n) is 3.12. The van der Waals surface area contributed by atoms with Crippen LogP contribution in [0.2, 0.25) is 0 Å². The molecule has 0 unspecified atom stereocenters. The molecular formula is C20H30FIN4O3. The van der Waals surface area contributed by atoms with Crippen molar-refractivity contribution < 1.29 is 18.7 Å². The third-order valence-corrected chi connectivity index (χ3v) is 4.45. The molecule has 1 aromatic rings. The molecule has 0 saturated carbocycles. The SMILES string of the molecule is CCNC(=NCCNC(=O)c1ccccc1F)N1CCC[C@H](C(=O)OCC)C1.I. The lowest BCUT2D eigenvalue weighted by molar-refractivity contribution is -0.149. The van der Waals surface area contributed by atoms with Crippen LogP contribution in [0.1, 0.15) is 37.0 Å². The van der Waals surface area contributed by atoms with Gasteiger partial charge in [0, 0.05) is 26.2 Å². The molecule has 1 atom stereocenters. The summed E-state index contributed by atoms with van der Waals surface area (Å²) in [5.41, 5.74) is 0.0201. The number of hydrogen-bond acceptors (Lipinski definition) is 4. The van der Waals surface area contributed by atoms with E-state index in [-0.39, 0.29) is 48.0 Å². The van der Waals surface area contributed by atoms with E-state index in [9.17, 15) is 14.0 Å². The molecule has 162 valence electrons. The monoisotopic (exact) mass is 520 g/mol. The molecule has 1 amide bonds. The van der Waals surface area contributed by atoms with Crippen molar-refractivity contribution in [2.75, 3.05) is 39.3 Å². The second-order valence-corrected chi connectivity index (χ2v) is 6.51. The van der Waals surface area contributed by atoms with Crippen molar-refractivity contribution in [1.29, 1.82) is 0 Å². The van der Waals surface area contributed by atoms with E-state index in [0.717, 1.165) is 19.4 Å². The van der Waals surface area contributed by atoms with Crippen LogP contribution in [0.5, 0.6) is 0 Å². The van der Waals surface area contributed by atoms with Gasteiger partial charge < -0.3 is 20.3 Å². The zero-order valence-corrected chi connectivity index (χ0v) is 19.3. The molecule has 7 nitrogen and oxygen atoms in total. The van der Waals surface area contributed by atoms with Gasteiger partial charge in [-0.1, -0.05) is 12.1 Å². The Labute approximate surface area is 188 Å². The number of carbonyl (C=O) groups excluding carboxylic acids is 2. The number of likely N-dealkylation sites (tertiary alicyclic amines) is 1. The summed E-state index contributed by atoms with van der Waals surface area (Å²) in [6.07, 6.45) is 1.70. The average molecular weight is 520 g/mol. The van der Waals surface area contributed by atoms with E-state index >= 15 is 0 Å². The number of nitrogens with one attached hydrogen (secondary N) is 2. The van der Waals surface area contributed by atoms with Gasteiger partial charge in [0.2, 0.25) is 0 Å². The molecular weight excluding hydrogens is 490 g/mol. The molecule has 1 aromatic carbocycles. The number of hydrogen-bond donors (Lipinski definition) is 2. The van der Waals surface area contributed by atoms with Crippen molar-refractivity contribution >= 4 is 41.8 Å². The molecule has 29 heavy (non-hydrogen) atoms. The molecule has 0 bridgehead atoms. The van der Waals surface area contributed by atoms with Crippen molar-refractivity contribution in [1.82, 2.24) is 15.5 Å². The maximum Gasteiger partial charge on any atom is 0.310 e. The van der Waals surface area contributed by atoms with Crippen LogP contribution >= 0.6 is 24.0 Å². The molecule has 1 heterocycles. The zero-order valence-electron chi connectivity index (χ0n) is 16.9. The Hall–Kier alpha value is -1.91. The Balaban J connectivity index is 0.00000420. The lowest BCUT2D eigenvalue weighted by Crippen LogP contribution is -2.48. The summed E-state index contributed by atoms with van der Waals surface area (Å²) < 4.78 is 18.8. The molecule has 1 aliphatic rings. The van der Waals surface area contributed by atoms with Gasteiger partial charge in [-0.3, -0.25) is 14.6 Å². The summed E-state index contributed by atoms with van der Waals surface area (Å²) in [4.78, 5) is 30.7. The van der Waals surface area contributed by atoms with Crippen molar-refractivity contribution in [3.8, 4) is 0 Å². The Morgan fingerprint density at radius 2 is 2.03 bits per heavy atom. The average Bonchev–Trinajstić information content (AvgIpc) is 2.70. The fourth-order valence-corrected chi connectivity index (χ4v) is 3.12. The molecule has 0 aliphatic carbocycles. The van der Waals surface area contributed by atoms with Gasteiger partial charge in [-0.25, -0.2) is 4.39 Å². The maximum atomic E-state index is 13.6. The lowest BCUT2D eigenvalue weighted by Gasteiger charge is -2.34. The number of ether oxygens (including phenoxy) is 1. The number of aliphatic imine (C=N–C) groups is 1. The Morgan fingerprint density at radius 1 is 1.28 bits per heavy atom.